The molecular formula is C27H27NO5S. The Hall–Kier alpha value is -3.45. The lowest BCUT2D eigenvalue weighted by Gasteiger charge is -2.19. The molecule has 6 nitrogen and oxygen atoms in total. The van der Waals surface area contributed by atoms with Gasteiger partial charge in [0.25, 0.3) is 0 Å². The maximum atomic E-state index is 12.5. The van der Waals surface area contributed by atoms with Crippen LogP contribution in [0.4, 0.5) is 5.69 Å². The van der Waals surface area contributed by atoms with E-state index in [4.69, 9.17) is 9.47 Å². The number of esters is 1. The maximum Gasteiger partial charge on any atom is 0.311 e. The average molecular weight is 478 g/mol. The van der Waals surface area contributed by atoms with Crippen LogP contribution in [0, 0.1) is 5.92 Å². The van der Waals surface area contributed by atoms with E-state index in [0.717, 1.165) is 5.75 Å². The summed E-state index contributed by atoms with van der Waals surface area (Å²) in [6, 6.07) is 18.6. The molecule has 1 aromatic heterocycles. The molecule has 1 aliphatic rings. The Morgan fingerprint density at radius 2 is 1.65 bits per heavy atom. The van der Waals surface area contributed by atoms with Gasteiger partial charge in [0.2, 0.25) is 11.7 Å². The molecule has 0 bridgehead atoms. The third kappa shape index (κ3) is 5.54. The molecule has 7 heteroatoms. The van der Waals surface area contributed by atoms with Gasteiger partial charge in [0.05, 0.1) is 10.8 Å². The van der Waals surface area contributed by atoms with Gasteiger partial charge in [0, 0.05) is 18.7 Å². The number of nitrogens with zero attached hydrogens (tertiary/aromatic N) is 1. The normalized spacial score (nSPS) is 15.9. The number of benzene rings is 2. The highest BCUT2D eigenvalue weighted by Gasteiger charge is 2.36. The minimum Gasteiger partial charge on any atom is -0.457 e. The number of ketones is 1. The second-order valence-corrected chi connectivity index (χ2v) is 10.2. The van der Waals surface area contributed by atoms with Gasteiger partial charge in [0.1, 0.15) is 11.5 Å². The Morgan fingerprint density at radius 3 is 2.24 bits per heavy atom. The summed E-state index contributed by atoms with van der Waals surface area (Å²) in [7, 11) is 0. The number of carbonyl (C=O) groups is 3. The van der Waals surface area contributed by atoms with E-state index in [9.17, 15) is 14.4 Å². The van der Waals surface area contributed by atoms with Gasteiger partial charge in [-0.2, -0.15) is 0 Å². The van der Waals surface area contributed by atoms with E-state index >= 15 is 0 Å². The summed E-state index contributed by atoms with van der Waals surface area (Å²) in [6.07, 6.45) is 0.0599. The lowest BCUT2D eigenvalue weighted by Crippen LogP contribution is -2.27. The Kier molecular flexibility index (Phi) is 6.84. The van der Waals surface area contributed by atoms with Crippen molar-refractivity contribution in [3.05, 3.63) is 76.5 Å². The van der Waals surface area contributed by atoms with E-state index in [1.165, 1.54) is 16.9 Å². The smallest absolute Gasteiger partial charge is 0.311 e. The molecule has 34 heavy (non-hydrogen) atoms. The SMILES string of the molecule is CC(C)(C)c1ccc(Oc2ccc(N3C[C@H](C(=O)OCC(=O)c4cccs4)CC3=O)cc2)cc1. The molecule has 2 heterocycles. The molecule has 0 radical (unpaired) electrons. The van der Waals surface area contributed by atoms with E-state index < -0.39 is 11.9 Å². The fourth-order valence-electron chi connectivity index (χ4n) is 3.73. The van der Waals surface area contributed by atoms with Crippen molar-refractivity contribution in [1.82, 2.24) is 0 Å². The lowest BCUT2D eigenvalue weighted by atomic mass is 9.87. The highest BCUT2D eigenvalue weighted by atomic mass is 32.1. The number of amides is 1. The van der Waals surface area contributed by atoms with E-state index in [0.29, 0.717) is 16.3 Å². The Bertz CT molecular complexity index is 1160. The first-order chi connectivity index (χ1) is 16.2. The molecule has 3 aromatic rings. The molecule has 0 saturated carbocycles. The topological polar surface area (TPSA) is 72.9 Å². The van der Waals surface area contributed by atoms with E-state index in [1.807, 2.05) is 12.1 Å². The van der Waals surface area contributed by atoms with Crippen LogP contribution in [0.25, 0.3) is 0 Å². The van der Waals surface area contributed by atoms with Crippen LogP contribution in [0.5, 0.6) is 11.5 Å². The number of hydrogen-bond acceptors (Lipinski definition) is 6. The Labute approximate surface area is 203 Å². The monoisotopic (exact) mass is 477 g/mol. The largest absolute Gasteiger partial charge is 0.457 e. The van der Waals surface area contributed by atoms with Gasteiger partial charge in [-0.25, -0.2) is 0 Å². The van der Waals surface area contributed by atoms with Crippen molar-refractivity contribution in [2.24, 2.45) is 5.92 Å². The Morgan fingerprint density at radius 1 is 1.00 bits per heavy atom. The summed E-state index contributed by atoms with van der Waals surface area (Å²) < 4.78 is 11.1. The van der Waals surface area contributed by atoms with E-state index in [1.54, 1.807) is 46.7 Å². The second-order valence-electron chi connectivity index (χ2n) is 9.28. The van der Waals surface area contributed by atoms with Crippen molar-refractivity contribution in [2.75, 3.05) is 18.1 Å². The van der Waals surface area contributed by atoms with Gasteiger partial charge in [-0.1, -0.05) is 39.0 Å². The third-order valence-electron chi connectivity index (χ3n) is 5.70. The molecule has 1 atom stereocenters. The maximum absolute atomic E-state index is 12.5. The predicted octanol–water partition coefficient (Wildman–Crippen LogP) is 5.62. The summed E-state index contributed by atoms with van der Waals surface area (Å²) in [5.74, 6) is -0.133. The summed E-state index contributed by atoms with van der Waals surface area (Å²) in [5, 5.41) is 1.79. The van der Waals surface area contributed by atoms with Crippen molar-refractivity contribution in [2.45, 2.75) is 32.6 Å². The molecule has 176 valence electrons. The molecule has 0 aliphatic carbocycles. The molecule has 2 aromatic carbocycles. The third-order valence-corrected chi connectivity index (χ3v) is 6.62. The summed E-state index contributed by atoms with van der Waals surface area (Å²) in [4.78, 5) is 39.1. The summed E-state index contributed by atoms with van der Waals surface area (Å²) in [6.45, 7) is 6.40. The van der Waals surface area contributed by atoms with Crippen molar-refractivity contribution in [3.8, 4) is 11.5 Å². The minimum absolute atomic E-state index is 0.0599. The lowest BCUT2D eigenvalue weighted by molar-refractivity contribution is -0.147. The van der Waals surface area contributed by atoms with Gasteiger partial charge < -0.3 is 14.4 Å². The van der Waals surface area contributed by atoms with Crippen LogP contribution >= 0.6 is 11.3 Å². The minimum atomic E-state index is -0.596. The van der Waals surface area contributed by atoms with Crippen molar-refractivity contribution < 1.29 is 23.9 Å². The zero-order chi connectivity index (χ0) is 24.3. The predicted molar refractivity (Wildman–Crippen MR) is 132 cm³/mol. The summed E-state index contributed by atoms with van der Waals surface area (Å²) >= 11 is 1.30. The number of rotatable bonds is 7. The van der Waals surface area contributed by atoms with Crippen LogP contribution in [0.3, 0.4) is 0 Å². The molecule has 1 saturated heterocycles. The number of thiophene rings is 1. The summed E-state index contributed by atoms with van der Waals surface area (Å²) in [5.41, 5.74) is 1.99. The number of Topliss-reactive ketones (excluding diaryl/α,β-unsaturated/α-hetero) is 1. The quantitative estimate of drug-likeness (QED) is 0.326. The molecule has 0 spiro atoms. The molecule has 0 N–H and O–H groups in total. The van der Waals surface area contributed by atoms with Crippen LogP contribution in [-0.2, 0) is 19.7 Å². The number of carbonyl (C=O) groups excluding carboxylic acids is 3. The van der Waals surface area contributed by atoms with Crippen molar-refractivity contribution in [3.63, 3.8) is 0 Å². The Balaban J connectivity index is 1.33. The van der Waals surface area contributed by atoms with E-state index in [2.05, 4.69) is 32.9 Å². The number of anilines is 1. The molecule has 4 rings (SSSR count). The zero-order valence-electron chi connectivity index (χ0n) is 19.4. The molecule has 0 unspecified atom stereocenters. The van der Waals surface area contributed by atoms with Gasteiger partial charge in [0.15, 0.2) is 6.61 Å². The number of hydrogen-bond donors (Lipinski definition) is 0. The van der Waals surface area contributed by atoms with Crippen LogP contribution < -0.4 is 9.64 Å². The van der Waals surface area contributed by atoms with E-state index in [-0.39, 0.29) is 36.7 Å². The first-order valence-electron chi connectivity index (χ1n) is 11.1. The fourth-order valence-corrected chi connectivity index (χ4v) is 4.38. The first-order valence-corrected chi connectivity index (χ1v) is 12.0. The average Bonchev–Trinajstić information content (AvgIpc) is 3.48. The van der Waals surface area contributed by atoms with Gasteiger partial charge in [-0.05, 0) is 58.8 Å². The van der Waals surface area contributed by atoms with Gasteiger partial charge >= 0.3 is 5.97 Å². The molecule has 1 fully saturated rings. The highest BCUT2D eigenvalue weighted by Crippen LogP contribution is 2.30. The van der Waals surface area contributed by atoms with Gasteiger partial charge in [-0.3, -0.25) is 14.4 Å². The second kappa shape index (κ2) is 9.81. The highest BCUT2D eigenvalue weighted by molar-refractivity contribution is 7.12. The fraction of sp³-hybridized carbons (Fsp3) is 0.296. The zero-order valence-corrected chi connectivity index (χ0v) is 20.3. The van der Waals surface area contributed by atoms with Crippen LogP contribution in [0.1, 0.15) is 42.4 Å². The van der Waals surface area contributed by atoms with Crippen LogP contribution in [0.2, 0.25) is 0 Å². The van der Waals surface area contributed by atoms with Gasteiger partial charge in [-0.15, -0.1) is 11.3 Å². The molecular weight excluding hydrogens is 450 g/mol. The molecule has 1 aliphatic heterocycles. The van der Waals surface area contributed by atoms with Crippen molar-refractivity contribution >= 4 is 34.7 Å². The van der Waals surface area contributed by atoms with Crippen molar-refractivity contribution in [1.29, 1.82) is 0 Å². The first kappa shape index (κ1) is 23.7. The molecule has 1 amide bonds. The standard InChI is InChI=1S/C27H27NO5S/c1-27(2,3)19-6-10-21(11-7-19)33-22-12-8-20(9-13-22)28-16-18(15-25(28)30)26(31)32-17-23(29)24-5-4-14-34-24/h4-14,18H,15-17H2,1-3H3/t18-/m1/s1. The van der Waals surface area contributed by atoms with Crippen LogP contribution in [-0.4, -0.2) is 30.8 Å². The number of ether oxygens (including phenoxy) is 2. The van der Waals surface area contributed by atoms with Crippen LogP contribution in [0.15, 0.2) is 66.0 Å².